The van der Waals surface area contributed by atoms with Crippen molar-refractivity contribution in [3.8, 4) is 0 Å². The lowest BCUT2D eigenvalue weighted by Gasteiger charge is -2.14. The van der Waals surface area contributed by atoms with E-state index in [9.17, 15) is 9.50 Å². The maximum Gasteiger partial charge on any atom is 0.137 e. The van der Waals surface area contributed by atoms with Gasteiger partial charge in [-0.2, -0.15) is 0 Å². The molecule has 0 saturated carbocycles. The summed E-state index contributed by atoms with van der Waals surface area (Å²) in [7, 11) is 0. The number of alkyl halides is 2. The number of rotatable bonds is 2. The van der Waals surface area contributed by atoms with E-state index in [1.165, 1.54) is 6.07 Å². The highest BCUT2D eigenvalue weighted by atomic mass is 35.5. The van der Waals surface area contributed by atoms with E-state index in [4.69, 9.17) is 23.2 Å². The molecule has 1 unspecified atom stereocenters. The molecular formula is C10H11Cl2FO. The zero-order valence-corrected chi connectivity index (χ0v) is 9.40. The molecule has 0 radical (unpaired) electrons. The Morgan fingerprint density at radius 1 is 1.21 bits per heavy atom. The molecule has 0 amide bonds. The zero-order valence-electron chi connectivity index (χ0n) is 7.89. The van der Waals surface area contributed by atoms with E-state index in [1.807, 2.05) is 6.92 Å². The SMILES string of the molecule is Cc1cc(F)c(C(O)C(Cl)Cl)cc1C. The molecule has 1 nitrogen and oxygen atoms in total. The number of benzene rings is 1. The fraction of sp³-hybridized carbons (Fsp3) is 0.400. The van der Waals surface area contributed by atoms with Crippen LogP contribution in [0.1, 0.15) is 22.8 Å². The van der Waals surface area contributed by atoms with Gasteiger partial charge in [-0.05, 0) is 31.0 Å². The van der Waals surface area contributed by atoms with Crippen molar-refractivity contribution in [1.82, 2.24) is 0 Å². The summed E-state index contributed by atoms with van der Waals surface area (Å²) in [4.78, 5) is -1.02. The topological polar surface area (TPSA) is 20.2 Å². The standard InChI is InChI=1S/C10H11Cl2FO/c1-5-3-7(9(14)10(11)12)8(13)4-6(5)2/h3-4,9-10,14H,1-2H3. The fourth-order valence-corrected chi connectivity index (χ4v) is 1.44. The molecule has 1 N–H and O–H groups in total. The van der Waals surface area contributed by atoms with Crippen molar-refractivity contribution in [2.24, 2.45) is 0 Å². The lowest BCUT2D eigenvalue weighted by atomic mass is 10.0. The minimum absolute atomic E-state index is 0.142. The van der Waals surface area contributed by atoms with E-state index in [2.05, 4.69) is 0 Å². The Bertz CT molecular complexity index is 339. The van der Waals surface area contributed by atoms with Gasteiger partial charge in [-0.15, -0.1) is 23.2 Å². The van der Waals surface area contributed by atoms with Gasteiger partial charge in [-0.25, -0.2) is 4.39 Å². The quantitative estimate of drug-likeness (QED) is 0.782. The predicted octanol–water partition coefficient (Wildman–Crippen LogP) is 3.28. The van der Waals surface area contributed by atoms with Crippen LogP contribution in [0.3, 0.4) is 0 Å². The van der Waals surface area contributed by atoms with Gasteiger partial charge < -0.3 is 5.11 Å². The Balaban J connectivity index is 3.15. The molecule has 4 heteroatoms. The summed E-state index contributed by atoms with van der Waals surface area (Å²) < 4.78 is 13.4. The van der Waals surface area contributed by atoms with Crippen LogP contribution >= 0.6 is 23.2 Å². The van der Waals surface area contributed by atoms with Gasteiger partial charge in [0.25, 0.3) is 0 Å². The van der Waals surface area contributed by atoms with Crippen molar-refractivity contribution in [2.45, 2.75) is 24.8 Å². The van der Waals surface area contributed by atoms with Crippen LogP contribution in [0.2, 0.25) is 0 Å². The second-order valence-corrected chi connectivity index (χ2v) is 4.40. The molecule has 0 aliphatic heterocycles. The molecule has 78 valence electrons. The fourth-order valence-electron chi connectivity index (χ4n) is 1.17. The van der Waals surface area contributed by atoms with Gasteiger partial charge in [0.05, 0.1) is 0 Å². The van der Waals surface area contributed by atoms with Crippen LogP contribution in [0.25, 0.3) is 0 Å². The lowest BCUT2D eigenvalue weighted by molar-refractivity contribution is 0.187. The number of hydrogen-bond donors (Lipinski definition) is 1. The molecule has 0 aliphatic carbocycles. The van der Waals surface area contributed by atoms with E-state index in [-0.39, 0.29) is 5.56 Å². The van der Waals surface area contributed by atoms with Crippen molar-refractivity contribution in [1.29, 1.82) is 0 Å². The third-order valence-electron chi connectivity index (χ3n) is 2.17. The van der Waals surface area contributed by atoms with Crippen molar-refractivity contribution < 1.29 is 9.50 Å². The summed E-state index contributed by atoms with van der Waals surface area (Å²) in [5.41, 5.74) is 1.87. The van der Waals surface area contributed by atoms with Gasteiger partial charge in [0.15, 0.2) is 0 Å². The van der Waals surface area contributed by atoms with Crippen LogP contribution in [0.5, 0.6) is 0 Å². The normalized spacial score (nSPS) is 13.4. The van der Waals surface area contributed by atoms with Crippen LogP contribution in [-0.4, -0.2) is 9.94 Å². The second kappa shape index (κ2) is 4.47. The monoisotopic (exact) mass is 236 g/mol. The maximum absolute atomic E-state index is 13.4. The molecule has 1 aromatic rings. The minimum atomic E-state index is -1.18. The third-order valence-corrected chi connectivity index (χ3v) is 2.65. The van der Waals surface area contributed by atoms with Crippen LogP contribution in [0.4, 0.5) is 4.39 Å². The molecule has 1 atom stereocenters. The van der Waals surface area contributed by atoms with Gasteiger partial charge in [0, 0.05) is 5.56 Å². The molecule has 14 heavy (non-hydrogen) atoms. The van der Waals surface area contributed by atoms with Crippen molar-refractivity contribution in [3.63, 3.8) is 0 Å². The molecule has 0 fully saturated rings. The number of hydrogen-bond acceptors (Lipinski definition) is 1. The Labute approximate surface area is 92.5 Å². The minimum Gasteiger partial charge on any atom is -0.385 e. The molecule has 0 bridgehead atoms. The van der Waals surface area contributed by atoms with E-state index in [0.29, 0.717) is 0 Å². The van der Waals surface area contributed by atoms with Crippen LogP contribution in [-0.2, 0) is 0 Å². The highest BCUT2D eigenvalue weighted by Gasteiger charge is 2.20. The average molecular weight is 237 g/mol. The number of aliphatic hydroxyl groups excluding tert-OH is 1. The molecule has 1 aromatic carbocycles. The molecule has 1 rings (SSSR count). The summed E-state index contributed by atoms with van der Waals surface area (Å²) in [5, 5.41) is 9.49. The summed E-state index contributed by atoms with van der Waals surface area (Å²) >= 11 is 11.0. The summed E-state index contributed by atoms with van der Waals surface area (Å²) in [6.45, 7) is 3.63. The number of aryl methyl sites for hydroxylation is 2. The molecule has 0 heterocycles. The van der Waals surface area contributed by atoms with Crippen molar-refractivity contribution in [2.75, 3.05) is 0 Å². The first-order valence-corrected chi connectivity index (χ1v) is 5.03. The predicted molar refractivity (Wildman–Crippen MR) is 56.3 cm³/mol. The van der Waals surface area contributed by atoms with Gasteiger partial charge in [0.1, 0.15) is 16.8 Å². The van der Waals surface area contributed by atoms with Crippen molar-refractivity contribution >= 4 is 23.2 Å². The zero-order chi connectivity index (χ0) is 10.9. The number of halogens is 3. The lowest BCUT2D eigenvalue weighted by Crippen LogP contribution is -2.09. The Kier molecular flexibility index (Phi) is 3.76. The Morgan fingerprint density at radius 3 is 2.21 bits per heavy atom. The number of aliphatic hydroxyl groups is 1. The van der Waals surface area contributed by atoms with Crippen molar-refractivity contribution in [3.05, 3.63) is 34.6 Å². The van der Waals surface area contributed by atoms with Gasteiger partial charge >= 0.3 is 0 Å². The largest absolute Gasteiger partial charge is 0.385 e. The Morgan fingerprint density at radius 2 is 1.71 bits per heavy atom. The summed E-state index contributed by atoms with van der Waals surface area (Å²) in [6, 6.07) is 2.93. The first kappa shape index (κ1) is 11.8. The molecular weight excluding hydrogens is 226 g/mol. The summed E-state index contributed by atoms with van der Waals surface area (Å²) in [5.74, 6) is -0.480. The second-order valence-electron chi connectivity index (χ2n) is 3.24. The molecule has 0 spiro atoms. The van der Waals surface area contributed by atoms with E-state index in [1.54, 1.807) is 13.0 Å². The van der Waals surface area contributed by atoms with Gasteiger partial charge in [-0.1, -0.05) is 6.07 Å². The van der Waals surface area contributed by atoms with Crippen LogP contribution < -0.4 is 0 Å². The molecule has 0 aliphatic rings. The molecule has 0 saturated heterocycles. The average Bonchev–Trinajstić information content (AvgIpc) is 2.10. The Hall–Kier alpha value is -0.310. The maximum atomic E-state index is 13.4. The van der Waals surface area contributed by atoms with Crippen LogP contribution in [0, 0.1) is 19.7 Å². The van der Waals surface area contributed by atoms with E-state index < -0.39 is 16.8 Å². The van der Waals surface area contributed by atoms with E-state index in [0.717, 1.165) is 11.1 Å². The van der Waals surface area contributed by atoms with Gasteiger partial charge in [0.2, 0.25) is 0 Å². The smallest absolute Gasteiger partial charge is 0.137 e. The highest BCUT2D eigenvalue weighted by Crippen LogP contribution is 2.27. The highest BCUT2D eigenvalue weighted by molar-refractivity contribution is 6.44. The first-order chi connectivity index (χ1) is 6.43. The van der Waals surface area contributed by atoms with E-state index >= 15 is 0 Å². The van der Waals surface area contributed by atoms with Crippen LogP contribution in [0.15, 0.2) is 12.1 Å². The summed E-state index contributed by atoms with van der Waals surface area (Å²) in [6.07, 6.45) is -1.18. The molecule has 0 aromatic heterocycles. The third kappa shape index (κ3) is 2.38. The van der Waals surface area contributed by atoms with Gasteiger partial charge in [-0.3, -0.25) is 0 Å². The first-order valence-electron chi connectivity index (χ1n) is 4.16.